The van der Waals surface area contributed by atoms with Crippen molar-refractivity contribution in [2.45, 2.75) is 26.3 Å². The van der Waals surface area contributed by atoms with Crippen LogP contribution in [0.15, 0.2) is 18.3 Å². The van der Waals surface area contributed by atoms with Crippen molar-refractivity contribution in [3.8, 4) is 0 Å². The molecule has 1 aliphatic rings. The van der Waals surface area contributed by atoms with Gasteiger partial charge >= 0.3 is 0 Å². The molecule has 0 aliphatic heterocycles. The van der Waals surface area contributed by atoms with Gasteiger partial charge in [-0.2, -0.15) is 0 Å². The van der Waals surface area contributed by atoms with Crippen LogP contribution >= 0.6 is 0 Å². The quantitative estimate of drug-likeness (QED) is 0.630. The van der Waals surface area contributed by atoms with Crippen LogP contribution in [0, 0.1) is 5.41 Å². The summed E-state index contributed by atoms with van der Waals surface area (Å²) in [4.78, 5) is 4.31. The van der Waals surface area contributed by atoms with E-state index in [4.69, 9.17) is 5.73 Å². The Morgan fingerprint density at radius 2 is 2.33 bits per heavy atom. The molecule has 2 heteroatoms. The summed E-state index contributed by atoms with van der Waals surface area (Å²) in [5.41, 5.74) is 8.64. The molecule has 0 spiro atoms. The maximum absolute atomic E-state index is 6.06. The highest BCUT2D eigenvalue weighted by molar-refractivity contribution is 5.31. The monoisotopic (exact) mass is 162 g/mol. The molecular weight excluding hydrogens is 148 g/mol. The van der Waals surface area contributed by atoms with Crippen molar-refractivity contribution in [3.05, 3.63) is 29.6 Å². The number of nitrogens with two attached hydrogens (primary N) is 1. The maximum atomic E-state index is 6.06. The molecule has 1 atom stereocenters. The molecule has 0 aromatic carbocycles. The predicted octanol–water partition coefficient (Wildman–Crippen LogP) is 1.66. The van der Waals surface area contributed by atoms with Crippen LogP contribution in [0.3, 0.4) is 0 Å². The number of rotatable bonds is 0. The number of hydrogen-bond acceptors (Lipinski definition) is 2. The van der Waals surface area contributed by atoms with Crippen LogP contribution in [0.2, 0.25) is 0 Å². The first-order valence-corrected chi connectivity index (χ1v) is 4.30. The Morgan fingerprint density at radius 1 is 1.58 bits per heavy atom. The lowest BCUT2D eigenvalue weighted by Gasteiger charge is -2.22. The van der Waals surface area contributed by atoms with E-state index in [1.807, 2.05) is 12.3 Å². The lowest BCUT2D eigenvalue weighted by atomic mass is 9.87. The van der Waals surface area contributed by atoms with Crippen molar-refractivity contribution >= 4 is 0 Å². The summed E-state index contributed by atoms with van der Waals surface area (Å²) in [6.45, 7) is 4.39. The van der Waals surface area contributed by atoms with Gasteiger partial charge in [0.15, 0.2) is 0 Å². The Bertz CT molecular complexity index is 304. The summed E-state index contributed by atoms with van der Waals surface area (Å²) in [5, 5.41) is 0. The molecule has 2 nitrogen and oxygen atoms in total. The predicted molar refractivity (Wildman–Crippen MR) is 48.7 cm³/mol. The van der Waals surface area contributed by atoms with Crippen LogP contribution in [0.4, 0.5) is 0 Å². The van der Waals surface area contributed by atoms with Crippen molar-refractivity contribution in [2.24, 2.45) is 11.1 Å². The molecule has 1 heterocycles. The van der Waals surface area contributed by atoms with E-state index in [2.05, 4.69) is 24.9 Å². The van der Waals surface area contributed by atoms with Crippen molar-refractivity contribution in [1.82, 2.24) is 4.98 Å². The fourth-order valence-corrected chi connectivity index (χ4v) is 1.85. The van der Waals surface area contributed by atoms with E-state index in [1.54, 1.807) is 0 Å². The van der Waals surface area contributed by atoms with Gasteiger partial charge in [-0.15, -0.1) is 0 Å². The normalized spacial score (nSPS) is 25.4. The minimum absolute atomic E-state index is 0.105. The van der Waals surface area contributed by atoms with Gasteiger partial charge in [0.05, 0.1) is 11.7 Å². The van der Waals surface area contributed by atoms with Gasteiger partial charge in [0.2, 0.25) is 0 Å². The summed E-state index contributed by atoms with van der Waals surface area (Å²) >= 11 is 0. The highest BCUT2D eigenvalue weighted by atomic mass is 14.8. The van der Waals surface area contributed by atoms with Crippen LogP contribution in [-0.4, -0.2) is 4.98 Å². The molecular formula is C10H14N2. The van der Waals surface area contributed by atoms with E-state index in [0.29, 0.717) is 0 Å². The molecule has 1 aromatic heterocycles. The second kappa shape index (κ2) is 2.30. The van der Waals surface area contributed by atoms with Crippen molar-refractivity contribution in [2.75, 3.05) is 0 Å². The first-order valence-electron chi connectivity index (χ1n) is 4.30. The van der Waals surface area contributed by atoms with Crippen LogP contribution in [0.1, 0.15) is 31.1 Å². The summed E-state index contributed by atoms with van der Waals surface area (Å²) in [5.74, 6) is 0. The van der Waals surface area contributed by atoms with Gasteiger partial charge in [0.25, 0.3) is 0 Å². The van der Waals surface area contributed by atoms with Crippen LogP contribution in [0.25, 0.3) is 0 Å². The minimum Gasteiger partial charge on any atom is -0.322 e. The highest BCUT2D eigenvalue weighted by Crippen LogP contribution is 2.41. The molecule has 0 radical (unpaired) electrons. The van der Waals surface area contributed by atoms with Gasteiger partial charge < -0.3 is 5.73 Å². The summed E-state index contributed by atoms with van der Waals surface area (Å²) in [7, 11) is 0. The Kier molecular flexibility index (Phi) is 1.48. The van der Waals surface area contributed by atoms with Crippen molar-refractivity contribution in [1.29, 1.82) is 0 Å². The molecule has 1 unspecified atom stereocenters. The molecule has 64 valence electrons. The lowest BCUT2D eigenvalue weighted by Crippen LogP contribution is -2.25. The van der Waals surface area contributed by atoms with Crippen LogP contribution < -0.4 is 5.73 Å². The largest absolute Gasteiger partial charge is 0.322 e. The molecule has 0 fully saturated rings. The number of fused-ring (bicyclic) bond motifs is 1. The van der Waals surface area contributed by atoms with Gasteiger partial charge in [0.1, 0.15) is 0 Å². The van der Waals surface area contributed by atoms with Crippen LogP contribution in [0.5, 0.6) is 0 Å². The second-order valence-electron chi connectivity index (χ2n) is 4.19. The molecule has 1 aromatic rings. The molecule has 12 heavy (non-hydrogen) atoms. The second-order valence-corrected chi connectivity index (χ2v) is 4.19. The molecule has 1 aliphatic carbocycles. The zero-order valence-corrected chi connectivity index (χ0v) is 7.54. The SMILES string of the molecule is CC1(C)Cc2cccnc2C1N. The van der Waals surface area contributed by atoms with E-state index < -0.39 is 0 Å². The number of pyridine rings is 1. The summed E-state index contributed by atoms with van der Waals surface area (Å²) < 4.78 is 0. The Morgan fingerprint density at radius 3 is 3.00 bits per heavy atom. The third-order valence-electron chi connectivity index (χ3n) is 2.71. The highest BCUT2D eigenvalue weighted by Gasteiger charge is 2.37. The van der Waals surface area contributed by atoms with E-state index in [-0.39, 0.29) is 11.5 Å². The van der Waals surface area contributed by atoms with Crippen molar-refractivity contribution in [3.63, 3.8) is 0 Å². The van der Waals surface area contributed by atoms with E-state index in [9.17, 15) is 0 Å². The average Bonchev–Trinajstić information content (AvgIpc) is 2.24. The Balaban J connectivity index is 2.49. The van der Waals surface area contributed by atoms with Crippen LogP contribution in [-0.2, 0) is 6.42 Å². The molecule has 0 saturated carbocycles. The number of aromatic nitrogens is 1. The smallest absolute Gasteiger partial charge is 0.0608 e. The average molecular weight is 162 g/mol. The summed E-state index contributed by atoms with van der Waals surface area (Å²) in [6.07, 6.45) is 2.87. The van der Waals surface area contributed by atoms with Gasteiger partial charge in [0, 0.05) is 6.20 Å². The third-order valence-corrected chi connectivity index (χ3v) is 2.71. The third kappa shape index (κ3) is 0.950. The molecule has 0 saturated heterocycles. The maximum Gasteiger partial charge on any atom is 0.0608 e. The zero-order chi connectivity index (χ0) is 8.77. The van der Waals surface area contributed by atoms with Gasteiger partial charge in [-0.05, 0) is 23.5 Å². The molecule has 0 amide bonds. The minimum atomic E-state index is 0.105. The van der Waals surface area contributed by atoms with E-state index in [1.165, 1.54) is 5.56 Å². The fraction of sp³-hybridized carbons (Fsp3) is 0.500. The van der Waals surface area contributed by atoms with Gasteiger partial charge in [-0.25, -0.2) is 0 Å². The van der Waals surface area contributed by atoms with Crippen molar-refractivity contribution < 1.29 is 0 Å². The van der Waals surface area contributed by atoms with Gasteiger partial charge in [-0.3, -0.25) is 4.98 Å². The fourth-order valence-electron chi connectivity index (χ4n) is 1.85. The summed E-state index contributed by atoms with van der Waals surface area (Å²) in [6, 6.07) is 4.21. The standard InChI is InChI=1S/C10H14N2/c1-10(2)6-7-4-3-5-12-8(7)9(10)11/h3-5,9H,6,11H2,1-2H3. The number of nitrogens with zero attached hydrogens (tertiary/aromatic N) is 1. The molecule has 2 rings (SSSR count). The van der Waals surface area contributed by atoms with Gasteiger partial charge in [-0.1, -0.05) is 19.9 Å². The number of hydrogen-bond donors (Lipinski definition) is 1. The topological polar surface area (TPSA) is 38.9 Å². The molecule has 0 bridgehead atoms. The first kappa shape index (κ1) is 7.74. The lowest BCUT2D eigenvalue weighted by molar-refractivity contribution is 0.316. The first-order chi connectivity index (χ1) is 5.61. The zero-order valence-electron chi connectivity index (χ0n) is 7.54. The molecule has 2 N–H and O–H groups in total. The Hall–Kier alpha value is -0.890. The van der Waals surface area contributed by atoms with E-state index in [0.717, 1.165) is 12.1 Å². The Labute approximate surface area is 72.8 Å². The van der Waals surface area contributed by atoms with E-state index >= 15 is 0 Å².